The molecule has 0 radical (unpaired) electrons. The highest BCUT2D eigenvalue weighted by molar-refractivity contribution is 7.86. The smallest absolute Gasteiger partial charge is 0.282 e. The molecule has 0 amide bonds. The number of rotatable bonds is 5. The maximum Gasteiger partial charge on any atom is 0.282 e. The Labute approximate surface area is 129 Å². The molecule has 0 aliphatic carbocycles. The zero-order chi connectivity index (χ0) is 15.5. The first-order chi connectivity index (χ1) is 9.91. The van der Waals surface area contributed by atoms with Crippen LogP contribution < -0.4 is 0 Å². The van der Waals surface area contributed by atoms with Crippen LogP contribution in [0.2, 0.25) is 0 Å². The van der Waals surface area contributed by atoms with Crippen molar-refractivity contribution in [2.24, 2.45) is 0 Å². The van der Waals surface area contributed by atoms with Crippen LogP contribution in [0.4, 0.5) is 0 Å². The summed E-state index contributed by atoms with van der Waals surface area (Å²) >= 11 is 0. The summed E-state index contributed by atoms with van der Waals surface area (Å²) in [6.45, 7) is 8.56. The molecule has 1 unspecified atom stereocenters. The van der Waals surface area contributed by atoms with Gasteiger partial charge in [-0.1, -0.05) is 0 Å². The molecule has 0 bridgehead atoms. The maximum atomic E-state index is 12.5. The summed E-state index contributed by atoms with van der Waals surface area (Å²) in [5.74, 6) is 0. The van der Waals surface area contributed by atoms with Crippen molar-refractivity contribution >= 4 is 10.2 Å². The molecule has 6 nitrogen and oxygen atoms in total. The Hall–Kier alpha value is -0.210. The minimum atomic E-state index is -3.33. The first-order valence-electron chi connectivity index (χ1n) is 7.98. The van der Waals surface area contributed by atoms with Gasteiger partial charge in [0.05, 0.1) is 6.10 Å². The first kappa shape index (κ1) is 17.1. The highest BCUT2D eigenvalue weighted by atomic mass is 32.2. The van der Waals surface area contributed by atoms with E-state index in [0.29, 0.717) is 19.2 Å². The van der Waals surface area contributed by atoms with Crippen molar-refractivity contribution in [2.45, 2.75) is 45.3 Å². The molecule has 7 heteroatoms. The standard InChI is InChI=1S/C14H29N3O3S/c1-13(2)15(3)21(18,19)17-8-5-7-16(9-10-17)12-14-6-4-11-20-14/h13-14H,4-12H2,1-3H3. The number of hydrogen-bond acceptors (Lipinski definition) is 4. The summed E-state index contributed by atoms with van der Waals surface area (Å²) in [5, 5.41) is 0. The molecule has 0 aromatic carbocycles. The fourth-order valence-corrected chi connectivity index (χ4v) is 4.45. The summed E-state index contributed by atoms with van der Waals surface area (Å²) in [6.07, 6.45) is 3.51. The van der Waals surface area contributed by atoms with E-state index in [9.17, 15) is 8.42 Å². The van der Waals surface area contributed by atoms with Gasteiger partial charge in [0.2, 0.25) is 0 Å². The van der Waals surface area contributed by atoms with Crippen molar-refractivity contribution in [3.63, 3.8) is 0 Å². The van der Waals surface area contributed by atoms with Crippen molar-refractivity contribution in [3.8, 4) is 0 Å². The van der Waals surface area contributed by atoms with Crippen LogP contribution in [0.25, 0.3) is 0 Å². The van der Waals surface area contributed by atoms with E-state index in [2.05, 4.69) is 4.90 Å². The lowest BCUT2D eigenvalue weighted by atomic mass is 10.2. The Morgan fingerprint density at radius 1 is 1.19 bits per heavy atom. The van der Waals surface area contributed by atoms with E-state index >= 15 is 0 Å². The predicted molar refractivity (Wildman–Crippen MR) is 83.4 cm³/mol. The largest absolute Gasteiger partial charge is 0.377 e. The Kier molecular flexibility index (Phi) is 6.02. The second-order valence-electron chi connectivity index (χ2n) is 6.31. The van der Waals surface area contributed by atoms with Gasteiger partial charge in [-0.15, -0.1) is 0 Å². The third-order valence-electron chi connectivity index (χ3n) is 4.45. The van der Waals surface area contributed by atoms with Crippen molar-refractivity contribution in [3.05, 3.63) is 0 Å². The van der Waals surface area contributed by atoms with Crippen LogP contribution in [0.3, 0.4) is 0 Å². The van der Waals surface area contributed by atoms with Gasteiger partial charge in [-0.25, -0.2) is 0 Å². The average molecular weight is 319 g/mol. The monoisotopic (exact) mass is 319 g/mol. The van der Waals surface area contributed by atoms with Crippen LogP contribution in [0, 0.1) is 0 Å². The van der Waals surface area contributed by atoms with E-state index in [0.717, 1.165) is 45.5 Å². The highest BCUT2D eigenvalue weighted by Gasteiger charge is 2.30. The van der Waals surface area contributed by atoms with E-state index in [1.807, 2.05) is 13.8 Å². The molecule has 2 rings (SSSR count). The molecule has 0 aromatic heterocycles. The number of hydrogen-bond donors (Lipinski definition) is 0. The van der Waals surface area contributed by atoms with Crippen molar-refractivity contribution < 1.29 is 13.2 Å². The Bertz CT molecular complexity index is 421. The van der Waals surface area contributed by atoms with Crippen LogP contribution >= 0.6 is 0 Å². The van der Waals surface area contributed by atoms with Gasteiger partial charge in [0.25, 0.3) is 10.2 Å². The topological polar surface area (TPSA) is 53.1 Å². The van der Waals surface area contributed by atoms with Crippen molar-refractivity contribution in [2.75, 3.05) is 46.4 Å². The molecule has 21 heavy (non-hydrogen) atoms. The van der Waals surface area contributed by atoms with Gasteiger partial charge in [0.1, 0.15) is 0 Å². The maximum absolute atomic E-state index is 12.5. The minimum Gasteiger partial charge on any atom is -0.377 e. The fourth-order valence-electron chi connectivity index (χ4n) is 2.89. The van der Waals surface area contributed by atoms with E-state index in [4.69, 9.17) is 4.74 Å². The lowest BCUT2D eigenvalue weighted by molar-refractivity contribution is 0.0749. The third-order valence-corrected chi connectivity index (χ3v) is 6.62. The summed E-state index contributed by atoms with van der Waals surface area (Å²) < 4.78 is 33.8. The molecule has 124 valence electrons. The van der Waals surface area contributed by atoms with Crippen LogP contribution in [0.1, 0.15) is 33.1 Å². The molecule has 1 atom stereocenters. The Balaban J connectivity index is 1.90. The molecule has 2 aliphatic rings. The third kappa shape index (κ3) is 4.39. The van der Waals surface area contributed by atoms with Gasteiger partial charge >= 0.3 is 0 Å². The average Bonchev–Trinajstić information content (AvgIpc) is 2.81. The SMILES string of the molecule is CC(C)N(C)S(=O)(=O)N1CCCN(CC2CCCO2)CC1. The number of ether oxygens (including phenoxy) is 1. The molecule has 2 aliphatic heterocycles. The Morgan fingerprint density at radius 3 is 2.57 bits per heavy atom. The minimum absolute atomic E-state index is 0.0127. The molecular formula is C14H29N3O3S. The second kappa shape index (κ2) is 7.37. The zero-order valence-electron chi connectivity index (χ0n) is 13.5. The van der Waals surface area contributed by atoms with E-state index < -0.39 is 10.2 Å². The molecule has 2 fully saturated rings. The molecule has 0 aromatic rings. The summed E-state index contributed by atoms with van der Waals surface area (Å²) in [7, 11) is -1.66. The van der Waals surface area contributed by atoms with Crippen LogP contribution in [-0.2, 0) is 14.9 Å². The number of nitrogens with zero attached hydrogens (tertiary/aromatic N) is 3. The van der Waals surface area contributed by atoms with Crippen LogP contribution in [0.15, 0.2) is 0 Å². The molecule has 2 heterocycles. The predicted octanol–water partition coefficient (Wildman–Crippen LogP) is 0.758. The van der Waals surface area contributed by atoms with Gasteiger partial charge in [0, 0.05) is 45.9 Å². The molecular weight excluding hydrogens is 290 g/mol. The lowest BCUT2D eigenvalue weighted by Gasteiger charge is -2.29. The Morgan fingerprint density at radius 2 is 1.95 bits per heavy atom. The summed E-state index contributed by atoms with van der Waals surface area (Å²) in [6, 6.07) is -0.0127. The molecule has 2 saturated heterocycles. The normalized spacial score (nSPS) is 26.6. The quantitative estimate of drug-likeness (QED) is 0.751. The van der Waals surface area contributed by atoms with Gasteiger partial charge in [-0.2, -0.15) is 17.0 Å². The van der Waals surface area contributed by atoms with Gasteiger partial charge in [-0.3, -0.25) is 4.90 Å². The molecule has 0 N–H and O–H groups in total. The van der Waals surface area contributed by atoms with Gasteiger partial charge in [0.15, 0.2) is 0 Å². The van der Waals surface area contributed by atoms with Crippen LogP contribution in [0.5, 0.6) is 0 Å². The van der Waals surface area contributed by atoms with E-state index in [-0.39, 0.29) is 6.04 Å². The fraction of sp³-hybridized carbons (Fsp3) is 1.00. The van der Waals surface area contributed by atoms with Crippen molar-refractivity contribution in [1.29, 1.82) is 0 Å². The lowest BCUT2D eigenvalue weighted by Crippen LogP contribution is -2.46. The van der Waals surface area contributed by atoms with E-state index in [1.54, 1.807) is 11.4 Å². The first-order valence-corrected chi connectivity index (χ1v) is 9.38. The van der Waals surface area contributed by atoms with Crippen molar-refractivity contribution in [1.82, 2.24) is 13.5 Å². The highest BCUT2D eigenvalue weighted by Crippen LogP contribution is 2.17. The molecule has 0 saturated carbocycles. The van der Waals surface area contributed by atoms with E-state index in [1.165, 1.54) is 4.31 Å². The molecule has 0 spiro atoms. The summed E-state index contributed by atoms with van der Waals surface area (Å²) in [4.78, 5) is 2.35. The zero-order valence-corrected chi connectivity index (χ0v) is 14.3. The van der Waals surface area contributed by atoms with Gasteiger partial charge < -0.3 is 4.74 Å². The van der Waals surface area contributed by atoms with Gasteiger partial charge in [-0.05, 0) is 39.7 Å². The second-order valence-corrected chi connectivity index (χ2v) is 8.29. The summed E-state index contributed by atoms with van der Waals surface area (Å²) in [5.41, 5.74) is 0. The van der Waals surface area contributed by atoms with Crippen LogP contribution in [-0.4, -0.2) is 80.5 Å².